The molecule has 0 unspecified atom stereocenters. The minimum atomic E-state index is -0.441. The Morgan fingerprint density at radius 1 is 1.15 bits per heavy atom. The Balaban J connectivity index is 2.28. The number of hydrogen-bond donors (Lipinski definition) is 2. The van der Waals surface area contributed by atoms with Crippen molar-refractivity contribution < 1.29 is 9.90 Å². The zero-order chi connectivity index (χ0) is 14.7. The van der Waals surface area contributed by atoms with E-state index in [4.69, 9.17) is 28.5 Å². The van der Waals surface area contributed by atoms with Gasteiger partial charge < -0.3 is 10.4 Å². The number of phenols is 1. The van der Waals surface area contributed by atoms with E-state index in [2.05, 4.69) is 5.32 Å². The molecular weight excluding hydrogens is 299 g/mol. The van der Waals surface area contributed by atoms with Gasteiger partial charge in [0.05, 0.1) is 27.4 Å². The molecule has 0 heterocycles. The number of carbonyl (C=O) groups is 1. The summed E-state index contributed by atoms with van der Waals surface area (Å²) in [5.41, 5.74) is 0.986. The van der Waals surface area contributed by atoms with Crippen LogP contribution in [0.1, 0.15) is 15.9 Å². The van der Waals surface area contributed by atoms with Crippen molar-refractivity contribution in [2.75, 3.05) is 5.32 Å². The van der Waals surface area contributed by atoms with Gasteiger partial charge in [-0.3, -0.25) is 4.79 Å². The van der Waals surface area contributed by atoms with E-state index in [-0.39, 0.29) is 16.3 Å². The molecule has 0 saturated heterocycles. The smallest absolute Gasteiger partial charge is 0.255 e. The molecule has 0 aliphatic rings. The summed E-state index contributed by atoms with van der Waals surface area (Å²) in [7, 11) is 0. The van der Waals surface area contributed by atoms with Crippen molar-refractivity contribution in [2.45, 2.75) is 0 Å². The van der Waals surface area contributed by atoms with Gasteiger partial charge in [-0.25, -0.2) is 0 Å². The molecule has 100 valence electrons. The summed E-state index contributed by atoms with van der Waals surface area (Å²) in [6, 6.07) is 10.6. The van der Waals surface area contributed by atoms with Crippen molar-refractivity contribution in [3.8, 4) is 11.8 Å². The first-order valence-corrected chi connectivity index (χ1v) is 6.26. The molecule has 2 rings (SSSR count). The molecule has 0 saturated carbocycles. The van der Waals surface area contributed by atoms with Gasteiger partial charge in [0.2, 0.25) is 0 Å². The second kappa shape index (κ2) is 5.83. The lowest BCUT2D eigenvalue weighted by Gasteiger charge is -2.08. The molecule has 2 N–H and O–H groups in total. The van der Waals surface area contributed by atoms with E-state index in [0.29, 0.717) is 16.3 Å². The Morgan fingerprint density at radius 3 is 2.55 bits per heavy atom. The summed E-state index contributed by atoms with van der Waals surface area (Å²) in [4.78, 5) is 12.0. The lowest BCUT2D eigenvalue weighted by atomic mass is 10.1. The predicted molar refractivity (Wildman–Crippen MR) is 77.2 cm³/mol. The van der Waals surface area contributed by atoms with E-state index in [1.165, 1.54) is 30.3 Å². The van der Waals surface area contributed by atoms with Crippen LogP contribution in [-0.2, 0) is 0 Å². The van der Waals surface area contributed by atoms with Crippen LogP contribution in [-0.4, -0.2) is 11.0 Å². The molecule has 20 heavy (non-hydrogen) atoms. The summed E-state index contributed by atoms with van der Waals surface area (Å²) in [5.74, 6) is -0.545. The summed E-state index contributed by atoms with van der Waals surface area (Å²) in [5, 5.41) is 21.1. The largest absolute Gasteiger partial charge is 0.506 e. The second-order valence-electron chi connectivity index (χ2n) is 3.93. The number of amides is 1. The zero-order valence-corrected chi connectivity index (χ0v) is 11.5. The molecular formula is C14H8Cl2N2O2. The van der Waals surface area contributed by atoms with Crippen molar-refractivity contribution >= 4 is 34.8 Å². The first kappa shape index (κ1) is 14.2. The molecule has 0 atom stereocenters. The summed E-state index contributed by atoms with van der Waals surface area (Å²) < 4.78 is 0. The van der Waals surface area contributed by atoms with Crippen LogP contribution in [0.15, 0.2) is 36.4 Å². The fourth-order valence-electron chi connectivity index (χ4n) is 1.53. The van der Waals surface area contributed by atoms with Gasteiger partial charge in [0.25, 0.3) is 5.91 Å². The van der Waals surface area contributed by atoms with E-state index in [1.807, 2.05) is 6.07 Å². The molecule has 0 bridgehead atoms. The van der Waals surface area contributed by atoms with E-state index in [0.717, 1.165) is 0 Å². The number of nitrogens with zero attached hydrogens (tertiary/aromatic N) is 1. The lowest BCUT2D eigenvalue weighted by Crippen LogP contribution is -2.12. The van der Waals surface area contributed by atoms with Crippen LogP contribution in [0.4, 0.5) is 5.69 Å². The van der Waals surface area contributed by atoms with E-state index < -0.39 is 5.91 Å². The fourth-order valence-corrected chi connectivity index (χ4v) is 1.88. The minimum Gasteiger partial charge on any atom is -0.506 e. The van der Waals surface area contributed by atoms with E-state index in [1.54, 1.807) is 6.07 Å². The third-order valence-corrected chi connectivity index (χ3v) is 3.19. The van der Waals surface area contributed by atoms with Gasteiger partial charge in [0, 0.05) is 5.56 Å². The van der Waals surface area contributed by atoms with Crippen LogP contribution < -0.4 is 5.32 Å². The standard InChI is InChI=1S/C14H8Cl2N2O2/c15-10-3-1-8(7-17)5-12(10)18-14(20)9-2-4-13(19)11(16)6-9/h1-6,19H,(H,18,20). The molecule has 0 fully saturated rings. The van der Waals surface area contributed by atoms with Crippen LogP contribution in [0.5, 0.6) is 5.75 Å². The number of carbonyl (C=O) groups excluding carboxylic acids is 1. The molecule has 2 aromatic carbocycles. The Morgan fingerprint density at radius 2 is 1.90 bits per heavy atom. The Bertz CT molecular complexity index is 724. The Labute approximate surface area is 125 Å². The van der Waals surface area contributed by atoms with Crippen molar-refractivity contribution in [3.05, 3.63) is 57.6 Å². The van der Waals surface area contributed by atoms with Gasteiger partial charge in [-0.1, -0.05) is 23.2 Å². The average Bonchev–Trinajstić information content (AvgIpc) is 2.44. The van der Waals surface area contributed by atoms with Crippen molar-refractivity contribution in [3.63, 3.8) is 0 Å². The molecule has 0 aromatic heterocycles. The predicted octanol–water partition coefficient (Wildman–Crippen LogP) is 3.82. The number of anilines is 1. The first-order valence-electron chi connectivity index (χ1n) is 5.51. The van der Waals surface area contributed by atoms with Gasteiger partial charge in [-0.05, 0) is 36.4 Å². The lowest BCUT2D eigenvalue weighted by molar-refractivity contribution is 0.102. The third-order valence-electron chi connectivity index (χ3n) is 2.55. The number of phenolic OH excluding ortho intramolecular Hbond substituents is 1. The van der Waals surface area contributed by atoms with Crippen LogP contribution in [0.2, 0.25) is 10.0 Å². The average molecular weight is 307 g/mol. The van der Waals surface area contributed by atoms with Crippen LogP contribution in [0.3, 0.4) is 0 Å². The highest BCUT2D eigenvalue weighted by Gasteiger charge is 2.11. The van der Waals surface area contributed by atoms with Gasteiger partial charge in [0.1, 0.15) is 5.75 Å². The minimum absolute atomic E-state index is 0.0783. The third kappa shape index (κ3) is 3.02. The van der Waals surface area contributed by atoms with Crippen LogP contribution in [0, 0.1) is 11.3 Å². The summed E-state index contributed by atoms with van der Waals surface area (Å²) in [6.45, 7) is 0. The second-order valence-corrected chi connectivity index (χ2v) is 4.74. The Kier molecular flexibility index (Phi) is 4.14. The van der Waals surface area contributed by atoms with E-state index >= 15 is 0 Å². The highest BCUT2D eigenvalue weighted by molar-refractivity contribution is 6.34. The SMILES string of the molecule is N#Cc1ccc(Cl)c(NC(=O)c2ccc(O)c(Cl)c2)c1. The summed E-state index contributed by atoms with van der Waals surface area (Å²) in [6.07, 6.45) is 0. The normalized spacial score (nSPS) is 9.85. The number of hydrogen-bond acceptors (Lipinski definition) is 3. The van der Waals surface area contributed by atoms with Gasteiger partial charge in [-0.2, -0.15) is 5.26 Å². The molecule has 0 spiro atoms. The first-order chi connectivity index (χ1) is 9.51. The highest BCUT2D eigenvalue weighted by atomic mass is 35.5. The number of rotatable bonds is 2. The zero-order valence-electron chi connectivity index (χ0n) is 10.0. The summed E-state index contributed by atoms with van der Waals surface area (Å²) >= 11 is 11.7. The molecule has 0 radical (unpaired) electrons. The molecule has 0 aliphatic heterocycles. The van der Waals surface area contributed by atoms with Crippen molar-refractivity contribution in [1.29, 1.82) is 5.26 Å². The molecule has 2 aromatic rings. The molecule has 0 aliphatic carbocycles. The molecule has 4 nitrogen and oxygen atoms in total. The maximum Gasteiger partial charge on any atom is 0.255 e. The number of nitrogens with one attached hydrogen (secondary N) is 1. The van der Waals surface area contributed by atoms with Crippen LogP contribution >= 0.6 is 23.2 Å². The van der Waals surface area contributed by atoms with Gasteiger partial charge >= 0.3 is 0 Å². The van der Waals surface area contributed by atoms with Gasteiger partial charge in [0.15, 0.2) is 0 Å². The maximum atomic E-state index is 12.0. The molecule has 1 amide bonds. The number of nitriles is 1. The number of halogens is 2. The van der Waals surface area contributed by atoms with Crippen LogP contribution in [0.25, 0.3) is 0 Å². The van der Waals surface area contributed by atoms with Crippen molar-refractivity contribution in [1.82, 2.24) is 0 Å². The van der Waals surface area contributed by atoms with Crippen molar-refractivity contribution in [2.24, 2.45) is 0 Å². The number of benzene rings is 2. The maximum absolute atomic E-state index is 12.0. The van der Waals surface area contributed by atoms with Gasteiger partial charge in [-0.15, -0.1) is 0 Å². The monoisotopic (exact) mass is 306 g/mol. The Hall–Kier alpha value is -2.22. The topological polar surface area (TPSA) is 73.1 Å². The van der Waals surface area contributed by atoms with E-state index in [9.17, 15) is 9.90 Å². The molecule has 6 heteroatoms. The fraction of sp³-hybridized carbons (Fsp3) is 0. The highest BCUT2D eigenvalue weighted by Crippen LogP contribution is 2.26. The quantitative estimate of drug-likeness (QED) is 0.885. The number of aromatic hydroxyl groups is 1.